The van der Waals surface area contributed by atoms with Crippen molar-refractivity contribution in [1.82, 2.24) is 0 Å². The molecule has 0 aliphatic carbocycles. The number of halogens is 1. The Bertz CT molecular complexity index is 642. The number of nitrogens with zero attached hydrogens (tertiary/aromatic N) is 1. The zero-order chi connectivity index (χ0) is 15.9. The van der Waals surface area contributed by atoms with Gasteiger partial charge < -0.3 is 15.8 Å². The number of aliphatic imine (C=N–C) groups is 1. The van der Waals surface area contributed by atoms with Crippen molar-refractivity contribution < 1.29 is 4.74 Å². The molecule has 0 amide bonds. The Morgan fingerprint density at radius 1 is 1.17 bits per heavy atom. The van der Waals surface area contributed by atoms with E-state index in [1.165, 1.54) is 5.56 Å². The smallest absolute Gasteiger partial charge is 0.193 e. The van der Waals surface area contributed by atoms with Gasteiger partial charge in [-0.05, 0) is 44.5 Å². The third-order valence-corrected chi connectivity index (χ3v) is 3.05. The molecule has 23 heavy (non-hydrogen) atoms. The second-order valence-corrected chi connectivity index (χ2v) is 5.47. The maximum atomic E-state index is 5.93. The Morgan fingerprint density at radius 3 is 2.52 bits per heavy atom. The number of para-hydroxylation sites is 1. The van der Waals surface area contributed by atoms with Gasteiger partial charge in [-0.15, -0.1) is 24.0 Å². The minimum absolute atomic E-state index is 0. The van der Waals surface area contributed by atoms with Crippen LogP contribution in [0.4, 0.5) is 5.69 Å². The Labute approximate surface area is 155 Å². The van der Waals surface area contributed by atoms with E-state index in [1.807, 2.05) is 63.2 Å². The maximum Gasteiger partial charge on any atom is 0.193 e. The van der Waals surface area contributed by atoms with E-state index in [0.717, 1.165) is 17.0 Å². The van der Waals surface area contributed by atoms with Crippen LogP contribution < -0.4 is 15.8 Å². The van der Waals surface area contributed by atoms with Crippen LogP contribution in [0, 0.1) is 6.92 Å². The Balaban J connectivity index is 0.00000264. The van der Waals surface area contributed by atoms with E-state index in [9.17, 15) is 0 Å². The van der Waals surface area contributed by atoms with Gasteiger partial charge in [0, 0.05) is 11.3 Å². The summed E-state index contributed by atoms with van der Waals surface area (Å²) in [6.07, 6.45) is 0.129. The standard InChI is InChI=1S/C18H23N3O.HI/c1-13(2)22-17-11-14(3)9-10-15(17)12-20-18(19)21-16-7-5-4-6-8-16;/h4-11,13H,12H2,1-3H3,(H3,19,20,21);1H. The minimum atomic E-state index is 0. The van der Waals surface area contributed by atoms with Gasteiger partial charge >= 0.3 is 0 Å². The average Bonchev–Trinajstić information content (AvgIpc) is 2.47. The van der Waals surface area contributed by atoms with Gasteiger partial charge in [0.1, 0.15) is 5.75 Å². The van der Waals surface area contributed by atoms with Crippen LogP contribution in [0.2, 0.25) is 0 Å². The highest BCUT2D eigenvalue weighted by Crippen LogP contribution is 2.22. The summed E-state index contributed by atoms with van der Waals surface area (Å²) in [6.45, 7) is 6.56. The van der Waals surface area contributed by atoms with Crippen LogP contribution in [-0.2, 0) is 6.54 Å². The first kappa shape index (κ1) is 19.3. The number of hydrogen-bond acceptors (Lipinski definition) is 2. The molecule has 0 saturated carbocycles. The van der Waals surface area contributed by atoms with Crippen molar-refractivity contribution in [2.45, 2.75) is 33.4 Å². The van der Waals surface area contributed by atoms with E-state index in [2.05, 4.69) is 16.4 Å². The monoisotopic (exact) mass is 425 g/mol. The van der Waals surface area contributed by atoms with E-state index in [1.54, 1.807) is 0 Å². The lowest BCUT2D eigenvalue weighted by atomic mass is 10.1. The van der Waals surface area contributed by atoms with Gasteiger partial charge in [0.15, 0.2) is 5.96 Å². The lowest BCUT2D eigenvalue weighted by molar-refractivity contribution is 0.240. The van der Waals surface area contributed by atoms with Crippen LogP contribution in [0.25, 0.3) is 0 Å². The molecule has 0 unspecified atom stereocenters. The van der Waals surface area contributed by atoms with Crippen molar-refractivity contribution in [2.75, 3.05) is 5.32 Å². The summed E-state index contributed by atoms with van der Waals surface area (Å²) < 4.78 is 5.85. The predicted molar refractivity (Wildman–Crippen MR) is 108 cm³/mol. The van der Waals surface area contributed by atoms with Crippen molar-refractivity contribution in [3.05, 3.63) is 59.7 Å². The molecule has 0 fully saturated rings. The Hall–Kier alpha value is -1.76. The van der Waals surface area contributed by atoms with Crippen molar-refractivity contribution in [3.63, 3.8) is 0 Å². The van der Waals surface area contributed by atoms with Gasteiger partial charge in [-0.3, -0.25) is 0 Å². The highest BCUT2D eigenvalue weighted by atomic mass is 127. The fourth-order valence-corrected chi connectivity index (χ4v) is 2.04. The number of nitrogens with one attached hydrogen (secondary N) is 1. The molecule has 2 rings (SSSR count). The third-order valence-electron chi connectivity index (χ3n) is 3.05. The molecule has 0 saturated heterocycles. The molecular weight excluding hydrogens is 401 g/mol. The van der Waals surface area contributed by atoms with Gasteiger partial charge in [-0.25, -0.2) is 4.99 Å². The van der Waals surface area contributed by atoms with Crippen LogP contribution in [0.3, 0.4) is 0 Å². The maximum absolute atomic E-state index is 5.93. The molecule has 4 nitrogen and oxygen atoms in total. The number of nitrogens with two attached hydrogens (primary N) is 1. The SMILES string of the molecule is Cc1ccc(CN=C(N)Nc2ccccc2)c(OC(C)C)c1.I. The van der Waals surface area contributed by atoms with Crippen LogP contribution in [0.5, 0.6) is 5.75 Å². The highest BCUT2D eigenvalue weighted by Gasteiger charge is 2.06. The van der Waals surface area contributed by atoms with Crippen LogP contribution >= 0.6 is 24.0 Å². The normalized spacial score (nSPS) is 11.0. The van der Waals surface area contributed by atoms with E-state index in [-0.39, 0.29) is 30.1 Å². The Kier molecular flexibility index (Phi) is 7.88. The molecular formula is C18H24IN3O. The molecule has 5 heteroatoms. The fraction of sp³-hybridized carbons (Fsp3) is 0.278. The number of hydrogen-bond donors (Lipinski definition) is 2. The van der Waals surface area contributed by atoms with E-state index in [0.29, 0.717) is 12.5 Å². The predicted octanol–water partition coefficient (Wildman–Crippen LogP) is 4.33. The molecule has 2 aromatic carbocycles. The van der Waals surface area contributed by atoms with Crippen molar-refractivity contribution in [2.24, 2.45) is 10.7 Å². The van der Waals surface area contributed by atoms with Gasteiger partial charge in [-0.2, -0.15) is 0 Å². The van der Waals surface area contributed by atoms with Gasteiger partial charge in [0.2, 0.25) is 0 Å². The molecule has 0 spiro atoms. The summed E-state index contributed by atoms with van der Waals surface area (Å²) in [4.78, 5) is 4.39. The van der Waals surface area contributed by atoms with Gasteiger partial charge in [0.25, 0.3) is 0 Å². The minimum Gasteiger partial charge on any atom is -0.491 e. The Morgan fingerprint density at radius 2 is 1.87 bits per heavy atom. The number of benzene rings is 2. The van der Waals surface area contributed by atoms with Gasteiger partial charge in [0.05, 0.1) is 12.6 Å². The van der Waals surface area contributed by atoms with Crippen LogP contribution in [-0.4, -0.2) is 12.1 Å². The van der Waals surface area contributed by atoms with Crippen molar-refractivity contribution in [3.8, 4) is 5.75 Å². The third kappa shape index (κ3) is 6.48. The molecule has 2 aromatic rings. The lowest BCUT2D eigenvalue weighted by Gasteiger charge is -2.14. The number of guanidine groups is 1. The number of rotatable bonds is 5. The fourth-order valence-electron chi connectivity index (χ4n) is 2.04. The lowest BCUT2D eigenvalue weighted by Crippen LogP contribution is -2.22. The first-order valence-corrected chi connectivity index (χ1v) is 7.43. The second kappa shape index (κ2) is 9.39. The number of anilines is 1. The molecule has 124 valence electrons. The molecule has 0 atom stereocenters. The molecule has 0 aliphatic rings. The number of ether oxygens (including phenoxy) is 1. The molecule has 0 aliphatic heterocycles. The first-order valence-electron chi connectivity index (χ1n) is 7.43. The molecule has 0 aromatic heterocycles. The average molecular weight is 425 g/mol. The molecule has 0 bridgehead atoms. The summed E-state index contributed by atoms with van der Waals surface area (Å²) in [5.74, 6) is 1.26. The summed E-state index contributed by atoms with van der Waals surface area (Å²) in [5.41, 5.74) is 9.05. The topological polar surface area (TPSA) is 59.6 Å². The summed E-state index contributed by atoms with van der Waals surface area (Å²) >= 11 is 0. The quantitative estimate of drug-likeness (QED) is 0.426. The van der Waals surface area contributed by atoms with E-state index < -0.39 is 0 Å². The highest BCUT2D eigenvalue weighted by molar-refractivity contribution is 14.0. The van der Waals surface area contributed by atoms with Crippen LogP contribution in [0.15, 0.2) is 53.5 Å². The van der Waals surface area contributed by atoms with Crippen molar-refractivity contribution >= 4 is 35.6 Å². The summed E-state index contributed by atoms with van der Waals surface area (Å²) in [6, 6.07) is 15.9. The van der Waals surface area contributed by atoms with Gasteiger partial charge in [-0.1, -0.05) is 30.3 Å². The van der Waals surface area contributed by atoms with Crippen LogP contribution in [0.1, 0.15) is 25.0 Å². The van der Waals surface area contributed by atoms with Crippen molar-refractivity contribution in [1.29, 1.82) is 0 Å². The largest absolute Gasteiger partial charge is 0.491 e. The summed E-state index contributed by atoms with van der Waals surface area (Å²) in [7, 11) is 0. The molecule has 3 N–H and O–H groups in total. The zero-order valence-corrected chi connectivity index (χ0v) is 16.1. The molecule has 0 radical (unpaired) electrons. The second-order valence-electron chi connectivity index (χ2n) is 5.47. The van der Waals surface area contributed by atoms with E-state index in [4.69, 9.17) is 10.5 Å². The first-order chi connectivity index (χ1) is 10.5. The number of aryl methyl sites for hydroxylation is 1. The summed E-state index contributed by atoms with van der Waals surface area (Å²) in [5, 5.41) is 3.07. The molecule has 0 heterocycles. The van der Waals surface area contributed by atoms with E-state index >= 15 is 0 Å². The zero-order valence-electron chi connectivity index (χ0n) is 13.7.